The third kappa shape index (κ3) is 3.09. The summed E-state index contributed by atoms with van der Waals surface area (Å²) < 4.78 is 9.74. The van der Waals surface area contributed by atoms with Crippen LogP contribution in [0.1, 0.15) is 30.7 Å². The molecule has 1 fully saturated rings. The van der Waals surface area contributed by atoms with Gasteiger partial charge in [-0.15, -0.1) is 0 Å². The zero-order valence-corrected chi connectivity index (χ0v) is 10.3. The standard InChI is InChI=1S/C14H16O4/c1-17-14(16)9-18-13-6-3-10(4-7-13)11-2-5-12(15)8-11/h3-4,6-7,11H,2,5,8-9H2,1H3. The summed E-state index contributed by atoms with van der Waals surface area (Å²) in [6.45, 7) is -0.0856. The molecular weight excluding hydrogens is 232 g/mol. The van der Waals surface area contributed by atoms with Gasteiger partial charge in [-0.05, 0) is 30.0 Å². The van der Waals surface area contributed by atoms with Crippen LogP contribution in [0, 0.1) is 0 Å². The van der Waals surface area contributed by atoms with Crippen LogP contribution in [-0.4, -0.2) is 25.5 Å². The highest BCUT2D eigenvalue weighted by atomic mass is 16.6. The first-order valence-corrected chi connectivity index (χ1v) is 6.00. The van der Waals surface area contributed by atoms with Gasteiger partial charge in [-0.25, -0.2) is 4.79 Å². The number of Topliss-reactive ketones (excluding diaryl/α,β-unsaturated/α-hetero) is 1. The molecule has 4 nitrogen and oxygen atoms in total. The quantitative estimate of drug-likeness (QED) is 0.765. The lowest BCUT2D eigenvalue weighted by molar-refractivity contribution is -0.142. The number of ether oxygens (including phenoxy) is 2. The van der Waals surface area contributed by atoms with Crippen molar-refractivity contribution in [3.63, 3.8) is 0 Å². The Bertz CT molecular complexity index is 436. The van der Waals surface area contributed by atoms with Crippen LogP contribution in [0.15, 0.2) is 24.3 Å². The van der Waals surface area contributed by atoms with Crippen LogP contribution < -0.4 is 4.74 Å². The lowest BCUT2D eigenvalue weighted by Gasteiger charge is -2.10. The summed E-state index contributed by atoms with van der Waals surface area (Å²) >= 11 is 0. The van der Waals surface area contributed by atoms with E-state index in [2.05, 4.69) is 4.74 Å². The second-order valence-electron chi connectivity index (χ2n) is 4.41. The predicted molar refractivity (Wildman–Crippen MR) is 65.6 cm³/mol. The predicted octanol–water partition coefficient (Wildman–Crippen LogP) is 2.08. The minimum Gasteiger partial charge on any atom is -0.482 e. The molecule has 2 rings (SSSR count). The summed E-state index contributed by atoms with van der Waals surface area (Å²) in [5, 5.41) is 0. The van der Waals surface area contributed by atoms with Gasteiger partial charge in [-0.3, -0.25) is 4.79 Å². The molecule has 1 aliphatic carbocycles. The number of carbonyl (C=O) groups excluding carboxylic acids is 2. The first-order chi connectivity index (χ1) is 8.69. The Kier molecular flexibility index (Phi) is 3.97. The fourth-order valence-electron chi connectivity index (χ4n) is 2.14. The van der Waals surface area contributed by atoms with E-state index in [0.717, 1.165) is 12.0 Å². The smallest absolute Gasteiger partial charge is 0.343 e. The number of methoxy groups -OCH3 is 1. The highest BCUT2D eigenvalue weighted by Crippen LogP contribution is 2.32. The molecule has 18 heavy (non-hydrogen) atoms. The zero-order chi connectivity index (χ0) is 13.0. The van der Waals surface area contributed by atoms with Gasteiger partial charge < -0.3 is 9.47 Å². The van der Waals surface area contributed by atoms with Gasteiger partial charge >= 0.3 is 5.97 Å². The first kappa shape index (κ1) is 12.6. The van der Waals surface area contributed by atoms with Gasteiger partial charge in [0.25, 0.3) is 0 Å². The first-order valence-electron chi connectivity index (χ1n) is 6.00. The van der Waals surface area contributed by atoms with Crippen LogP contribution in [-0.2, 0) is 14.3 Å². The van der Waals surface area contributed by atoms with Crippen molar-refractivity contribution in [3.8, 4) is 5.75 Å². The molecule has 0 spiro atoms. The Balaban J connectivity index is 1.93. The molecule has 96 valence electrons. The number of rotatable bonds is 4. The fraction of sp³-hybridized carbons (Fsp3) is 0.429. The Hall–Kier alpha value is -1.84. The van der Waals surface area contributed by atoms with Crippen LogP contribution in [0.4, 0.5) is 0 Å². The molecule has 1 atom stereocenters. The number of hydrogen-bond acceptors (Lipinski definition) is 4. The number of benzene rings is 1. The second kappa shape index (κ2) is 5.67. The van der Waals surface area contributed by atoms with Crippen molar-refractivity contribution in [2.24, 2.45) is 0 Å². The second-order valence-corrected chi connectivity index (χ2v) is 4.41. The summed E-state index contributed by atoms with van der Waals surface area (Å²) in [4.78, 5) is 22.1. The van der Waals surface area contributed by atoms with Crippen LogP contribution >= 0.6 is 0 Å². The Morgan fingerprint density at radius 2 is 2.06 bits per heavy atom. The van der Waals surface area contributed by atoms with E-state index in [0.29, 0.717) is 30.3 Å². The molecule has 0 bridgehead atoms. The van der Waals surface area contributed by atoms with Crippen molar-refractivity contribution in [1.29, 1.82) is 0 Å². The summed E-state index contributed by atoms with van der Waals surface area (Å²) in [5.74, 6) is 0.909. The molecule has 0 amide bonds. The molecule has 1 aromatic rings. The van der Waals surface area contributed by atoms with Crippen LogP contribution in [0.2, 0.25) is 0 Å². The number of ketones is 1. The van der Waals surface area contributed by atoms with E-state index in [-0.39, 0.29) is 6.61 Å². The van der Waals surface area contributed by atoms with Crippen molar-refractivity contribution in [3.05, 3.63) is 29.8 Å². The largest absolute Gasteiger partial charge is 0.482 e. The molecule has 1 unspecified atom stereocenters. The maximum atomic E-state index is 11.2. The molecule has 1 aliphatic rings. The van der Waals surface area contributed by atoms with Crippen LogP contribution in [0.25, 0.3) is 0 Å². The van der Waals surface area contributed by atoms with Gasteiger partial charge in [-0.1, -0.05) is 12.1 Å². The number of esters is 1. The third-order valence-electron chi connectivity index (χ3n) is 3.18. The zero-order valence-electron chi connectivity index (χ0n) is 10.3. The molecule has 4 heteroatoms. The van der Waals surface area contributed by atoms with E-state index in [9.17, 15) is 9.59 Å². The molecule has 1 aromatic carbocycles. The van der Waals surface area contributed by atoms with Crippen molar-refractivity contribution in [2.75, 3.05) is 13.7 Å². The fourth-order valence-corrected chi connectivity index (χ4v) is 2.14. The van der Waals surface area contributed by atoms with Crippen molar-refractivity contribution < 1.29 is 19.1 Å². The molecular formula is C14H16O4. The van der Waals surface area contributed by atoms with E-state index in [1.165, 1.54) is 7.11 Å². The van der Waals surface area contributed by atoms with Crippen LogP contribution in [0.5, 0.6) is 5.75 Å². The molecule has 1 saturated carbocycles. The molecule has 0 N–H and O–H groups in total. The van der Waals surface area contributed by atoms with E-state index in [1.807, 2.05) is 24.3 Å². The number of hydrogen-bond donors (Lipinski definition) is 0. The van der Waals surface area contributed by atoms with Crippen molar-refractivity contribution in [1.82, 2.24) is 0 Å². The number of carbonyl (C=O) groups is 2. The molecule has 0 aromatic heterocycles. The van der Waals surface area contributed by atoms with Gasteiger partial charge in [0.05, 0.1) is 7.11 Å². The molecule has 0 aliphatic heterocycles. The minimum absolute atomic E-state index is 0.0856. The summed E-state index contributed by atoms with van der Waals surface area (Å²) in [5.41, 5.74) is 1.16. The molecule has 0 radical (unpaired) electrons. The SMILES string of the molecule is COC(=O)COc1ccc(C2CCC(=O)C2)cc1. The van der Waals surface area contributed by atoms with E-state index < -0.39 is 5.97 Å². The average molecular weight is 248 g/mol. The molecule has 0 heterocycles. The molecule has 0 saturated heterocycles. The van der Waals surface area contributed by atoms with E-state index in [4.69, 9.17) is 4.74 Å². The van der Waals surface area contributed by atoms with Gasteiger partial charge in [-0.2, -0.15) is 0 Å². The highest BCUT2D eigenvalue weighted by molar-refractivity contribution is 5.81. The average Bonchev–Trinajstić information content (AvgIpc) is 2.83. The Labute approximate surface area is 106 Å². The van der Waals surface area contributed by atoms with Crippen LogP contribution in [0.3, 0.4) is 0 Å². The van der Waals surface area contributed by atoms with Gasteiger partial charge in [0.2, 0.25) is 0 Å². The highest BCUT2D eigenvalue weighted by Gasteiger charge is 2.23. The maximum Gasteiger partial charge on any atom is 0.343 e. The van der Waals surface area contributed by atoms with Gasteiger partial charge in [0.15, 0.2) is 6.61 Å². The Morgan fingerprint density at radius 1 is 1.33 bits per heavy atom. The summed E-state index contributed by atoms with van der Waals surface area (Å²) in [7, 11) is 1.33. The van der Waals surface area contributed by atoms with E-state index >= 15 is 0 Å². The van der Waals surface area contributed by atoms with Gasteiger partial charge in [0.1, 0.15) is 11.5 Å². The van der Waals surface area contributed by atoms with E-state index in [1.54, 1.807) is 0 Å². The summed E-state index contributed by atoms with van der Waals surface area (Å²) in [6.07, 6.45) is 2.26. The third-order valence-corrected chi connectivity index (χ3v) is 3.18. The topological polar surface area (TPSA) is 52.6 Å². The lowest BCUT2D eigenvalue weighted by Crippen LogP contribution is -2.12. The maximum absolute atomic E-state index is 11.2. The Morgan fingerprint density at radius 3 is 2.61 bits per heavy atom. The van der Waals surface area contributed by atoms with Crippen molar-refractivity contribution in [2.45, 2.75) is 25.2 Å². The summed E-state index contributed by atoms with van der Waals surface area (Å²) in [6, 6.07) is 7.55. The lowest BCUT2D eigenvalue weighted by atomic mass is 9.98. The normalized spacial score (nSPS) is 18.7. The van der Waals surface area contributed by atoms with Gasteiger partial charge in [0, 0.05) is 12.8 Å². The van der Waals surface area contributed by atoms with Crippen molar-refractivity contribution >= 4 is 11.8 Å². The minimum atomic E-state index is -0.402. The monoisotopic (exact) mass is 248 g/mol.